The second kappa shape index (κ2) is 7.07. The van der Waals surface area contributed by atoms with E-state index in [0.717, 1.165) is 24.6 Å². The van der Waals surface area contributed by atoms with E-state index in [2.05, 4.69) is 19.2 Å². The number of hydrogen-bond acceptors (Lipinski definition) is 3. The zero-order valence-electron chi connectivity index (χ0n) is 10.7. The van der Waals surface area contributed by atoms with Gasteiger partial charge in [0, 0.05) is 19.0 Å². The molecule has 0 amide bonds. The Kier molecular flexibility index (Phi) is 6.06. The number of alkyl halides is 1. The Hall–Kier alpha value is -0.640. The molecule has 1 N–H and O–H groups in total. The molecule has 0 fully saturated rings. The third-order valence-corrected chi connectivity index (χ3v) is 3.11. The van der Waals surface area contributed by atoms with Crippen LogP contribution in [0.15, 0.2) is 12.1 Å². The van der Waals surface area contributed by atoms with Crippen LogP contribution in [-0.4, -0.2) is 31.7 Å². The SMILES string of the molecule is Cc1cc2c(cc1C)OC(CNCCCl)CO2.Cl. The van der Waals surface area contributed by atoms with Gasteiger partial charge in [0.25, 0.3) is 0 Å². The summed E-state index contributed by atoms with van der Waals surface area (Å²) >= 11 is 5.60. The zero-order chi connectivity index (χ0) is 12.3. The molecule has 2 rings (SSSR count). The summed E-state index contributed by atoms with van der Waals surface area (Å²) in [6.45, 7) is 6.30. The van der Waals surface area contributed by atoms with Crippen LogP contribution in [0.25, 0.3) is 0 Å². The van der Waals surface area contributed by atoms with Crippen molar-refractivity contribution in [2.45, 2.75) is 20.0 Å². The minimum absolute atomic E-state index is 0. The first-order valence-electron chi connectivity index (χ1n) is 5.88. The second-order valence-corrected chi connectivity index (χ2v) is 4.71. The molecule has 0 saturated carbocycles. The van der Waals surface area contributed by atoms with Gasteiger partial charge in [0.15, 0.2) is 11.5 Å². The van der Waals surface area contributed by atoms with E-state index in [1.165, 1.54) is 11.1 Å². The highest BCUT2D eigenvalue weighted by atomic mass is 35.5. The van der Waals surface area contributed by atoms with Gasteiger partial charge in [-0.1, -0.05) is 0 Å². The van der Waals surface area contributed by atoms with Crippen molar-refractivity contribution < 1.29 is 9.47 Å². The Labute approximate surface area is 119 Å². The second-order valence-electron chi connectivity index (χ2n) is 4.33. The van der Waals surface area contributed by atoms with Gasteiger partial charge >= 0.3 is 0 Å². The number of fused-ring (bicyclic) bond motifs is 1. The summed E-state index contributed by atoms with van der Waals surface area (Å²) in [5, 5.41) is 3.22. The van der Waals surface area contributed by atoms with Crippen LogP contribution in [0.5, 0.6) is 11.5 Å². The maximum atomic E-state index is 5.88. The topological polar surface area (TPSA) is 30.5 Å². The van der Waals surface area contributed by atoms with E-state index in [4.69, 9.17) is 21.1 Å². The van der Waals surface area contributed by atoms with Crippen molar-refractivity contribution >= 4 is 24.0 Å². The molecule has 5 heteroatoms. The van der Waals surface area contributed by atoms with Gasteiger partial charge in [0.2, 0.25) is 0 Å². The average molecular weight is 292 g/mol. The van der Waals surface area contributed by atoms with Gasteiger partial charge in [-0.2, -0.15) is 0 Å². The average Bonchev–Trinajstić information content (AvgIpc) is 2.31. The summed E-state index contributed by atoms with van der Waals surface area (Å²) in [6, 6.07) is 4.07. The van der Waals surface area contributed by atoms with Gasteiger partial charge in [-0.15, -0.1) is 24.0 Å². The molecule has 3 nitrogen and oxygen atoms in total. The Morgan fingerprint density at radius 2 is 1.94 bits per heavy atom. The third kappa shape index (κ3) is 3.67. The van der Waals surface area contributed by atoms with E-state index in [9.17, 15) is 0 Å². The maximum Gasteiger partial charge on any atom is 0.162 e. The molecule has 1 heterocycles. The molecule has 102 valence electrons. The van der Waals surface area contributed by atoms with E-state index in [1.807, 2.05) is 12.1 Å². The van der Waals surface area contributed by atoms with Gasteiger partial charge < -0.3 is 14.8 Å². The number of halogens is 2. The van der Waals surface area contributed by atoms with Gasteiger partial charge in [0.05, 0.1) is 0 Å². The quantitative estimate of drug-likeness (QED) is 0.683. The van der Waals surface area contributed by atoms with Gasteiger partial charge in [-0.25, -0.2) is 0 Å². The third-order valence-electron chi connectivity index (χ3n) is 2.92. The molecule has 1 aromatic rings. The van der Waals surface area contributed by atoms with Crippen LogP contribution in [0.3, 0.4) is 0 Å². The maximum absolute atomic E-state index is 5.88. The fraction of sp³-hybridized carbons (Fsp3) is 0.538. The molecular formula is C13H19Cl2NO2. The molecule has 1 aliphatic rings. The predicted octanol–water partition coefficient (Wildman–Crippen LogP) is 2.69. The summed E-state index contributed by atoms with van der Waals surface area (Å²) in [4.78, 5) is 0. The summed E-state index contributed by atoms with van der Waals surface area (Å²) in [7, 11) is 0. The highest BCUT2D eigenvalue weighted by Gasteiger charge is 2.21. The normalized spacial score (nSPS) is 17.2. The van der Waals surface area contributed by atoms with Crippen molar-refractivity contribution in [3.63, 3.8) is 0 Å². The molecular weight excluding hydrogens is 273 g/mol. The van der Waals surface area contributed by atoms with E-state index in [-0.39, 0.29) is 18.5 Å². The Morgan fingerprint density at radius 1 is 1.28 bits per heavy atom. The fourth-order valence-corrected chi connectivity index (χ4v) is 1.93. The molecule has 0 aliphatic carbocycles. The number of hydrogen-bond donors (Lipinski definition) is 1. The first-order chi connectivity index (χ1) is 8.20. The smallest absolute Gasteiger partial charge is 0.162 e. The molecule has 0 aromatic heterocycles. The van der Waals surface area contributed by atoms with Crippen molar-refractivity contribution in [3.8, 4) is 11.5 Å². The Bertz CT molecular complexity index is 399. The lowest BCUT2D eigenvalue weighted by atomic mass is 10.1. The first-order valence-corrected chi connectivity index (χ1v) is 6.41. The number of nitrogens with one attached hydrogen (secondary N) is 1. The van der Waals surface area contributed by atoms with E-state index in [1.54, 1.807) is 0 Å². The molecule has 0 spiro atoms. The van der Waals surface area contributed by atoms with Crippen LogP contribution in [0.1, 0.15) is 11.1 Å². The van der Waals surface area contributed by atoms with Crippen molar-refractivity contribution in [1.29, 1.82) is 0 Å². The predicted molar refractivity (Wildman–Crippen MR) is 76.7 cm³/mol. The van der Waals surface area contributed by atoms with Crippen LogP contribution < -0.4 is 14.8 Å². The summed E-state index contributed by atoms with van der Waals surface area (Å²) < 4.78 is 11.6. The standard InChI is InChI=1S/C13H18ClNO2.ClH/c1-9-5-12-13(6-10(9)2)17-11(8-16-12)7-15-4-3-14;/h5-6,11,15H,3-4,7-8H2,1-2H3;1H. The van der Waals surface area contributed by atoms with E-state index in [0.29, 0.717) is 12.5 Å². The van der Waals surface area contributed by atoms with Gasteiger partial charge in [0.1, 0.15) is 12.7 Å². The minimum Gasteiger partial charge on any atom is -0.486 e. The van der Waals surface area contributed by atoms with E-state index < -0.39 is 0 Å². The number of benzene rings is 1. The summed E-state index contributed by atoms with van der Waals surface area (Å²) in [5.74, 6) is 2.31. The van der Waals surface area contributed by atoms with Crippen LogP contribution in [0.2, 0.25) is 0 Å². The molecule has 18 heavy (non-hydrogen) atoms. The molecule has 1 atom stereocenters. The Morgan fingerprint density at radius 3 is 2.61 bits per heavy atom. The lowest BCUT2D eigenvalue weighted by Gasteiger charge is -2.27. The van der Waals surface area contributed by atoms with Crippen molar-refractivity contribution in [2.75, 3.05) is 25.6 Å². The minimum atomic E-state index is 0. The highest BCUT2D eigenvalue weighted by Crippen LogP contribution is 2.34. The molecule has 0 bridgehead atoms. The number of ether oxygens (including phenoxy) is 2. The molecule has 1 unspecified atom stereocenters. The van der Waals surface area contributed by atoms with Crippen LogP contribution >= 0.6 is 24.0 Å². The number of aryl methyl sites for hydroxylation is 2. The lowest BCUT2D eigenvalue weighted by molar-refractivity contribution is 0.0907. The lowest BCUT2D eigenvalue weighted by Crippen LogP contribution is -2.39. The fourth-order valence-electron chi connectivity index (χ4n) is 1.79. The van der Waals surface area contributed by atoms with Crippen molar-refractivity contribution in [3.05, 3.63) is 23.3 Å². The van der Waals surface area contributed by atoms with Gasteiger partial charge in [-0.05, 0) is 37.1 Å². The van der Waals surface area contributed by atoms with Crippen molar-refractivity contribution in [1.82, 2.24) is 5.32 Å². The van der Waals surface area contributed by atoms with Crippen molar-refractivity contribution in [2.24, 2.45) is 0 Å². The van der Waals surface area contributed by atoms with Crippen LogP contribution in [0, 0.1) is 13.8 Å². The number of rotatable bonds is 4. The summed E-state index contributed by atoms with van der Waals surface area (Å²) in [6.07, 6.45) is 0.0628. The van der Waals surface area contributed by atoms with Crippen LogP contribution in [0.4, 0.5) is 0 Å². The zero-order valence-corrected chi connectivity index (χ0v) is 12.2. The largest absolute Gasteiger partial charge is 0.486 e. The van der Waals surface area contributed by atoms with Gasteiger partial charge in [-0.3, -0.25) is 0 Å². The van der Waals surface area contributed by atoms with E-state index >= 15 is 0 Å². The molecule has 1 aromatic carbocycles. The summed E-state index contributed by atoms with van der Waals surface area (Å²) in [5.41, 5.74) is 2.45. The Balaban J connectivity index is 0.00000162. The molecule has 1 aliphatic heterocycles. The molecule has 0 radical (unpaired) electrons. The molecule has 0 saturated heterocycles. The first kappa shape index (κ1) is 15.4. The highest BCUT2D eigenvalue weighted by molar-refractivity contribution is 6.18. The monoisotopic (exact) mass is 291 g/mol. The van der Waals surface area contributed by atoms with Crippen LogP contribution in [-0.2, 0) is 0 Å².